The Bertz CT molecular complexity index is 896. The quantitative estimate of drug-likeness (QED) is 0.749. The van der Waals surface area contributed by atoms with Crippen molar-refractivity contribution >= 4 is 17.4 Å². The Morgan fingerprint density at radius 3 is 2.41 bits per heavy atom. The van der Waals surface area contributed by atoms with Crippen molar-refractivity contribution in [1.82, 2.24) is 9.78 Å². The number of carbonyl (C=O) groups excluding carboxylic acids is 1. The van der Waals surface area contributed by atoms with Crippen LogP contribution in [0.15, 0.2) is 66.9 Å². The highest BCUT2D eigenvalue weighted by atomic mass is 16.2. The summed E-state index contributed by atoms with van der Waals surface area (Å²) in [5, 5.41) is 7.07. The summed E-state index contributed by atoms with van der Waals surface area (Å²) in [6.07, 6.45) is 1.65. The number of piperazine rings is 1. The van der Waals surface area contributed by atoms with Gasteiger partial charge in [0.05, 0.1) is 45.1 Å². The van der Waals surface area contributed by atoms with E-state index in [0.717, 1.165) is 43.1 Å². The SMILES string of the molecule is C[NH+]1CCN(c2ccc(-c3ccnn3C(=O)Nc3ccccc3)cc2)CC1. The van der Waals surface area contributed by atoms with Crippen molar-refractivity contribution < 1.29 is 9.69 Å². The second kappa shape index (κ2) is 7.63. The summed E-state index contributed by atoms with van der Waals surface area (Å²) in [7, 11) is 2.24. The molecule has 1 saturated heterocycles. The molecule has 3 aromatic rings. The third-order valence-electron chi connectivity index (χ3n) is 5.01. The molecule has 2 N–H and O–H groups in total. The monoisotopic (exact) mass is 362 g/mol. The number of aromatic nitrogens is 2. The van der Waals surface area contributed by atoms with Gasteiger partial charge in [-0.05, 0) is 30.3 Å². The number of hydrogen-bond donors (Lipinski definition) is 2. The lowest BCUT2D eigenvalue weighted by Crippen LogP contribution is -3.12. The molecule has 6 nitrogen and oxygen atoms in total. The van der Waals surface area contributed by atoms with E-state index in [0.29, 0.717) is 0 Å². The summed E-state index contributed by atoms with van der Waals surface area (Å²) in [5.41, 5.74) is 3.72. The molecule has 0 saturated carbocycles. The van der Waals surface area contributed by atoms with Gasteiger partial charge in [-0.1, -0.05) is 30.3 Å². The largest absolute Gasteiger partial charge is 0.360 e. The van der Waals surface area contributed by atoms with E-state index in [4.69, 9.17) is 0 Å². The highest BCUT2D eigenvalue weighted by Gasteiger charge is 2.17. The topological polar surface area (TPSA) is 54.6 Å². The minimum atomic E-state index is -0.271. The maximum atomic E-state index is 12.6. The van der Waals surface area contributed by atoms with Crippen LogP contribution >= 0.6 is 0 Å². The van der Waals surface area contributed by atoms with Crippen molar-refractivity contribution in [1.29, 1.82) is 0 Å². The van der Waals surface area contributed by atoms with Crippen molar-refractivity contribution in [2.75, 3.05) is 43.4 Å². The fraction of sp³-hybridized carbons (Fsp3) is 0.238. The molecule has 4 rings (SSSR count). The van der Waals surface area contributed by atoms with Crippen molar-refractivity contribution in [3.63, 3.8) is 0 Å². The van der Waals surface area contributed by atoms with Crippen LogP contribution in [0.5, 0.6) is 0 Å². The van der Waals surface area contributed by atoms with Gasteiger partial charge in [0.25, 0.3) is 0 Å². The van der Waals surface area contributed by atoms with Crippen LogP contribution in [0.1, 0.15) is 0 Å². The maximum absolute atomic E-state index is 12.6. The lowest BCUT2D eigenvalue weighted by atomic mass is 10.1. The summed E-state index contributed by atoms with van der Waals surface area (Å²) in [6.45, 7) is 4.47. The Hall–Kier alpha value is -3.12. The predicted molar refractivity (Wildman–Crippen MR) is 107 cm³/mol. The smallest absolute Gasteiger partial charge is 0.347 e. The molecule has 0 atom stereocenters. The molecule has 2 heterocycles. The summed E-state index contributed by atoms with van der Waals surface area (Å²) < 4.78 is 1.40. The Kier molecular flexibility index (Phi) is 4.89. The first kappa shape index (κ1) is 17.3. The Balaban J connectivity index is 1.51. The zero-order valence-electron chi connectivity index (χ0n) is 15.4. The molecule has 138 valence electrons. The molecule has 6 heteroatoms. The molecule has 1 amide bonds. The summed E-state index contributed by atoms with van der Waals surface area (Å²) in [5.74, 6) is 0. The van der Waals surface area contributed by atoms with Crippen LogP contribution in [0.4, 0.5) is 16.2 Å². The molecule has 1 aliphatic rings. The van der Waals surface area contributed by atoms with Gasteiger partial charge in [-0.25, -0.2) is 4.79 Å². The van der Waals surface area contributed by atoms with E-state index in [1.54, 1.807) is 11.1 Å². The molecule has 1 fully saturated rings. The molecule has 1 aromatic heterocycles. The van der Waals surface area contributed by atoms with Crippen molar-refractivity contribution in [3.8, 4) is 11.3 Å². The van der Waals surface area contributed by atoms with E-state index in [9.17, 15) is 4.79 Å². The Labute approximate surface area is 159 Å². The number of likely N-dealkylation sites (N-methyl/N-ethyl adjacent to an activating group) is 1. The number of benzene rings is 2. The third-order valence-corrected chi connectivity index (χ3v) is 5.01. The number of anilines is 2. The molecule has 0 radical (unpaired) electrons. The number of carbonyl (C=O) groups is 1. The van der Waals surface area contributed by atoms with E-state index in [1.165, 1.54) is 10.4 Å². The standard InChI is InChI=1S/C21H23N5O/c1-24-13-15-25(16-14-24)19-9-7-17(8-10-19)20-11-12-22-26(20)21(27)23-18-5-3-2-4-6-18/h2-12H,13-16H2,1H3,(H,23,27)/p+1. The first-order chi connectivity index (χ1) is 13.2. The van der Waals surface area contributed by atoms with Gasteiger partial charge in [-0.15, -0.1) is 0 Å². The van der Waals surface area contributed by atoms with Crippen LogP contribution in [0.3, 0.4) is 0 Å². The lowest BCUT2D eigenvalue weighted by Gasteiger charge is -2.31. The van der Waals surface area contributed by atoms with Gasteiger partial charge in [-0.3, -0.25) is 0 Å². The molecular formula is C21H24N5O+. The van der Waals surface area contributed by atoms with Gasteiger partial charge in [0.15, 0.2) is 0 Å². The first-order valence-electron chi connectivity index (χ1n) is 9.28. The maximum Gasteiger partial charge on any atom is 0.347 e. The number of amides is 1. The fourth-order valence-corrected chi connectivity index (χ4v) is 3.37. The molecule has 27 heavy (non-hydrogen) atoms. The van der Waals surface area contributed by atoms with Gasteiger partial charge in [0, 0.05) is 16.9 Å². The van der Waals surface area contributed by atoms with Gasteiger partial charge in [-0.2, -0.15) is 9.78 Å². The van der Waals surface area contributed by atoms with Crippen molar-refractivity contribution in [3.05, 3.63) is 66.9 Å². The lowest BCUT2D eigenvalue weighted by molar-refractivity contribution is -0.880. The van der Waals surface area contributed by atoms with Crippen LogP contribution in [0, 0.1) is 0 Å². The fourth-order valence-electron chi connectivity index (χ4n) is 3.37. The first-order valence-corrected chi connectivity index (χ1v) is 9.28. The summed E-state index contributed by atoms with van der Waals surface area (Å²) in [4.78, 5) is 16.6. The highest BCUT2D eigenvalue weighted by Crippen LogP contribution is 2.23. The summed E-state index contributed by atoms with van der Waals surface area (Å²) in [6, 6.07) is 19.4. The van der Waals surface area contributed by atoms with E-state index in [1.807, 2.05) is 36.4 Å². The van der Waals surface area contributed by atoms with E-state index in [-0.39, 0.29) is 6.03 Å². The Morgan fingerprint density at radius 1 is 1.00 bits per heavy atom. The van der Waals surface area contributed by atoms with E-state index < -0.39 is 0 Å². The van der Waals surface area contributed by atoms with Crippen molar-refractivity contribution in [2.45, 2.75) is 0 Å². The molecule has 1 aliphatic heterocycles. The average Bonchev–Trinajstić information content (AvgIpc) is 3.20. The number of para-hydroxylation sites is 1. The third kappa shape index (κ3) is 3.85. The number of quaternary nitrogens is 1. The van der Waals surface area contributed by atoms with Gasteiger partial charge in [0.2, 0.25) is 0 Å². The molecule has 0 spiro atoms. The number of hydrogen-bond acceptors (Lipinski definition) is 3. The van der Waals surface area contributed by atoms with E-state index >= 15 is 0 Å². The molecular weight excluding hydrogens is 338 g/mol. The average molecular weight is 362 g/mol. The minimum Gasteiger partial charge on any atom is -0.360 e. The number of nitrogens with zero attached hydrogens (tertiary/aromatic N) is 3. The molecule has 0 bridgehead atoms. The predicted octanol–water partition coefficient (Wildman–Crippen LogP) is 1.96. The number of rotatable bonds is 3. The van der Waals surface area contributed by atoms with Crippen LogP contribution in [-0.2, 0) is 0 Å². The van der Waals surface area contributed by atoms with Gasteiger partial charge < -0.3 is 15.1 Å². The molecule has 2 aromatic carbocycles. The Morgan fingerprint density at radius 2 is 1.70 bits per heavy atom. The van der Waals surface area contributed by atoms with Gasteiger partial charge >= 0.3 is 6.03 Å². The van der Waals surface area contributed by atoms with Crippen LogP contribution in [0.25, 0.3) is 11.3 Å². The van der Waals surface area contributed by atoms with Crippen molar-refractivity contribution in [2.24, 2.45) is 0 Å². The van der Waals surface area contributed by atoms with Crippen LogP contribution in [-0.4, -0.2) is 49.0 Å². The van der Waals surface area contributed by atoms with Crippen LogP contribution in [0.2, 0.25) is 0 Å². The zero-order valence-corrected chi connectivity index (χ0v) is 15.4. The number of nitrogens with one attached hydrogen (secondary N) is 2. The highest BCUT2D eigenvalue weighted by molar-refractivity contribution is 5.93. The molecule has 0 unspecified atom stereocenters. The van der Waals surface area contributed by atoms with Gasteiger partial charge in [0.1, 0.15) is 0 Å². The van der Waals surface area contributed by atoms with Crippen LogP contribution < -0.4 is 15.1 Å². The normalized spacial score (nSPS) is 14.9. The second-order valence-corrected chi connectivity index (χ2v) is 6.92. The summed E-state index contributed by atoms with van der Waals surface area (Å²) >= 11 is 0. The van der Waals surface area contributed by atoms with E-state index in [2.05, 4.69) is 46.6 Å². The zero-order chi connectivity index (χ0) is 18.6. The minimum absolute atomic E-state index is 0.271. The second-order valence-electron chi connectivity index (χ2n) is 6.92. The molecule has 0 aliphatic carbocycles.